The Morgan fingerprint density at radius 3 is 2.83 bits per heavy atom. The van der Waals surface area contributed by atoms with Crippen LogP contribution in [-0.2, 0) is 4.79 Å². The zero-order chi connectivity index (χ0) is 20.5. The summed E-state index contributed by atoms with van der Waals surface area (Å²) in [4.78, 5) is 24.2. The molecule has 4 aromatic heterocycles. The van der Waals surface area contributed by atoms with Gasteiger partial charge in [-0.05, 0) is 30.7 Å². The van der Waals surface area contributed by atoms with Crippen LogP contribution in [0.5, 0.6) is 0 Å². The number of para-hydroxylation sites is 1. The first-order valence-electron chi connectivity index (χ1n) is 9.89. The van der Waals surface area contributed by atoms with Gasteiger partial charge in [0.05, 0.1) is 35.0 Å². The Balaban J connectivity index is 1.54. The minimum atomic E-state index is -0.0178. The number of aromatic nitrogens is 5. The average molecular weight is 396 g/mol. The van der Waals surface area contributed by atoms with Gasteiger partial charge >= 0.3 is 0 Å². The maximum absolute atomic E-state index is 11.9. The van der Waals surface area contributed by atoms with E-state index in [1.54, 1.807) is 18.6 Å². The highest BCUT2D eigenvalue weighted by molar-refractivity contribution is 5.97. The fourth-order valence-electron chi connectivity index (χ4n) is 3.58. The number of fused-ring (bicyclic) bond motifs is 2. The molecular weight excluding hydrogens is 376 g/mol. The van der Waals surface area contributed by atoms with Gasteiger partial charge in [0.1, 0.15) is 5.69 Å². The van der Waals surface area contributed by atoms with Crippen LogP contribution in [-0.4, -0.2) is 31.1 Å². The summed E-state index contributed by atoms with van der Waals surface area (Å²) < 4.78 is 0. The second kappa shape index (κ2) is 7.44. The zero-order valence-corrected chi connectivity index (χ0v) is 16.4. The summed E-state index contributed by atoms with van der Waals surface area (Å²) in [5.41, 5.74) is 5.96. The molecule has 0 saturated heterocycles. The number of rotatable bonds is 5. The minimum absolute atomic E-state index is 0.0178. The van der Waals surface area contributed by atoms with Gasteiger partial charge in [0.15, 0.2) is 0 Å². The van der Waals surface area contributed by atoms with Crippen molar-refractivity contribution >= 4 is 33.4 Å². The van der Waals surface area contributed by atoms with Crippen molar-refractivity contribution in [3.8, 4) is 22.6 Å². The fourth-order valence-corrected chi connectivity index (χ4v) is 3.58. The van der Waals surface area contributed by atoms with Crippen LogP contribution in [0.2, 0.25) is 0 Å². The van der Waals surface area contributed by atoms with Crippen molar-refractivity contribution in [3.05, 3.63) is 61.1 Å². The van der Waals surface area contributed by atoms with Gasteiger partial charge in [-0.1, -0.05) is 25.1 Å². The van der Waals surface area contributed by atoms with Gasteiger partial charge in [-0.15, -0.1) is 0 Å². The summed E-state index contributed by atoms with van der Waals surface area (Å²) in [5, 5.41) is 12.5. The van der Waals surface area contributed by atoms with Crippen molar-refractivity contribution in [2.75, 3.05) is 5.32 Å². The Bertz CT molecular complexity index is 1330. The van der Waals surface area contributed by atoms with E-state index in [9.17, 15) is 4.79 Å². The van der Waals surface area contributed by atoms with Crippen molar-refractivity contribution in [1.29, 1.82) is 0 Å². The number of anilines is 1. The number of H-pyrrole nitrogens is 2. The second-order valence-corrected chi connectivity index (χ2v) is 7.22. The van der Waals surface area contributed by atoms with E-state index in [1.807, 2.05) is 37.3 Å². The maximum atomic E-state index is 11.9. The molecular formula is C23H20N6O. The molecule has 30 heavy (non-hydrogen) atoms. The first-order valence-corrected chi connectivity index (χ1v) is 9.89. The normalized spacial score (nSPS) is 11.2. The lowest BCUT2D eigenvalue weighted by molar-refractivity contribution is -0.116. The van der Waals surface area contributed by atoms with E-state index in [-0.39, 0.29) is 5.91 Å². The largest absolute Gasteiger partial charge is 0.353 e. The zero-order valence-electron chi connectivity index (χ0n) is 16.4. The third-order valence-corrected chi connectivity index (χ3v) is 5.03. The monoisotopic (exact) mass is 396 g/mol. The molecule has 0 fully saturated rings. The number of pyridine rings is 2. The first kappa shape index (κ1) is 18.1. The number of hydrogen-bond donors (Lipinski definition) is 3. The number of nitrogens with zero attached hydrogens (tertiary/aromatic N) is 3. The van der Waals surface area contributed by atoms with Gasteiger partial charge in [0.2, 0.25) is 5.91 Å². The number of amides is 1. The summed E-state index contributed by atoms with van der Waals surface area (Å²) in [5.74, 6) is -0.0178. The molecule has 1 amide bonds. The third-order valence-electron chi connectivity index (χ3n) is 5.03. The van der Waals surface area contributed by atoms with E-state index in [0.717, 1.165) is 50.9 Å². The van der Waals surface area contributed by atoms with Gasteiger partial charge < -0.3 is 10.3 Å². The van der Waals surface area contributed by atoms with Crippen LogP contribution in [0.15, 0.2) is 61.1 Å². The van der Waals surface area contributed by atoms with Crippen LogP contribution >= 0.6 is 0 Å². The summed E-state index contributed by atoms with van der Waals surface area (Å²) in [6.07, 6.45) is 6.44. The number of carbonyl (C=O) groups excluding carboxylic acids is 1. The molecule has 1 aromatic carbocycles. The van der Waals surface area contributed by atoms with Crippen LogP contribution in [0.25, 0.3) is 44.5 Å². The van der Waals surface area contributed by atoms with Gasteiger partial charge in [-0.3, -0.25) is 19.9 Å². The van der Waals surface area contributed by atoms with Crippen molar-refractivity contribution < 1.29 is 4.79 Å². The van der Waals surface area contributed by atoms with Crippen molar-refractivity contribution in [3.63, 3.8) is 0 Å². The maximum Gasteiger partial charge on any atom is 0.224 e. The topological polar surface area (TPSA) is 99.4 Å². The van der Waals surface area contributed by atoms with Crippen LogP contribution in [0.1, 0.15) is 19.8 Å². The fraction of sp³-hybridized carbons (Fsp3) is 0.130. The lowest BCUT2D eigenvalue weighted by atomic mass is 10.1. The van der Waals surface area contributed by atoms with Crippen molar-refractivity contribution in [2.24, 2.45) is 0 Å². The first-order chi connectivity index (χ1) is 14.7. The SMILES string of the molecule is CCCC(=O)Nc1cncc(-c2cc3c(-c4cc5ccccc5[nH]4)n[nH]c3cn2)c1. The molecule has 0 unspecified atom stereocenters. The highest BCUT2D eigenvalue weighted by Crippen LogP contribution is 2.31. The number of hydrogen-bond acceptors (Lipinski definition) is 4. The second-order valence-electron chi connectivity index (χ2n) is 7.22. The molecule has 0 atom stereocenters. The Morgan fingerprint density at radius 1 is 1.07 bits per heavy atom. The molecule has 0 bridgehead atoms. The predicted octanol–water partition coefficient (Wildman–Crippen LogP) is 4.91. The summed E-state index contributed by atoms with van der Waals surface area (Å²) in [7, 11) is 0. The van der Waals surface area contributed by atoms with E-state index in [0.29, 0.717) is 12.1 Å². The van der Waals surface area contributed by atoms with Crippen molar-refractivity contribution in [1.82, 2.24) is 25.1 Å². The molecule has 0 radical (unpaired) electrons. The van der Waals surface area contributed by atoms with E-state index < -0.39 is 0 Å². The predicted molar refractivity (Wildman–Crippen MR) is 118 cm³/mol. The van der Waals surface area contributed by atoms with Crippen LogP contribution in [0.3, 0.4) is 0 Å². The number of aromatic amines is 2. The average Bonchev–Trinajstić information content (AvgIpc) is 3.37. The minimum Gasteiger partial charge on any atom is -0.353 e. The molecule has 148 valence electrons. The third kappa shape index (κ3) is 3.30. The molecule has 0 spiro atoms. The molecule has 0 saturated carbocycles. The quantitative estimate of drug-likeness (QED) is 0.393. The molecule has 5 rings (SSSR count). The van der Waals surface area contributed by atoms with Gasteiger partial charge in [-0.25, -0.2) is 0 Å². The van der Waals surface area contributed by atoms with E-state index in [2.05, 4.69) is 42.6 Å². The molecule has 3 N–H and O–H groups in total. The summed E-state index contributed by atoms with van der Waals surface area (Å²) in [6, 6.07) is 14.1. The Labute approximate surface area is 172 Å². The molecule has 7 nitrogen and oxygen atoms in total. The highest BCUT2D eigenvalue weighted by atomic mass is 16.1. The van der Waals surface area contributed by atoms with E-state index in [1.165, 1.54) is 0 Å². The lowest BCUT2D eigenvalue weighted by Crippen LogP contribution is -2.10. The van der Waals surface area contributed by atoms with Crippen LogP contribution < -0.4 is 5.32 Å². The Kier molecular flexibility index (Phi) is 4.48. The number of carbonyl (C=O) groups is 1. The smallest absolute Gasteiger partial charge is 0.224 e. The summed E-state index contributed by atoms with van der Waals surface area (Å²) >= 11 is 0. The molecule has 4 heterocycles. The van der Waals surface area contributed by atoms with Gasteiger partial charge in [0, 0.05) is 34.5 Å². The van der Waals surface area contributed by atoms with Crippen LogP contribution in [0.4, 0.5) is 5.69 Å². The highest BCUT2D eigenvalue weighted by Gasteiger charge is 2.13. The number of benzene rings is 1. The summed E-state index contributed by atoms with van der Waals surface area (Å²) in [6.45, 7) is 1.98. The van der Waals surface area contributed by atoms with Crippen molar-refractivity contribution in [2.45, 2.75) is 19.8 Å². The van der Waals surface area contributed by atoms with Gasteiger partial charge in [-0.2, -0.15) is 5.10 Å². The molecule has 0 aliphatic carbocycles. The lowest BCUT2D eigenvalue weighted by Gasteiger charge is -2.06. The van der Waals surface area contributed by atoms with E-state index in [4.69, 9.17) is 0 Å². The van der Waals surface area contributed by atoms with Crippen LogP contribution in [0, 0.1) is 0 Å². The van der Waals surface area contributed by atoms with Gasteiger partial charge in [0.25, 0.3) is 0 Å². The molecule has 0 aliphatic rings. The molecule has 5 aromatic rings. The number of nitrogens with one attached hydrogen (secondary N) is 3. The Hall–Kier alpha value is -4.00. The Morgan fingerprint density at radius 2 is 1.97 bits per heavy atom. The molecule has 0 aliphatic heterocycles. The molecule has 7 heteroatoms. The van der Waals surface area contributed by atoms with E-state index >= 15 is 0 Å². The standard InChI is InChI=1S/C23H20N6O/c1-2-5-22(30)26-16-8-15(11-24-12-16)19-10-17-21(13-25-19)28-29-23(17)20-9-14-6-3-4-7-18(14)27-20/h3-4,6-13,27H,2,5H2,1H3,(H,26,30)(H,28,29).